The zero-order valence-corrected chi connectivity index (χ0v) is 14.9. The van der Waals surface area contributed by atoms with Crippen molar-refractivity contribution in [3.05, 3.63) is 0 Å². The maximum absolute atomic E-state index is 13.0. The monoisotopic (exact) mass is 338 g/mol. The van der Waals surface area contributed by atoms with Crippen molar-refractivity contribution >= 4 is 11.8 Å². The third kappa shape index (κ3) is 3.18. The van der Waals surface area contributed by atoms with E-state index < -0.39 is 12.2 Å². The summed E-state index contributed by atoms with van der Waals surface area (Å²) < 4.78 is 0. The van der Waals surface area contributed by atoms with E-state index >= 15 is 0 Å². The van der Waals surface area contributed by atoms with Crippen LogP contribution in [0.25, 0.3) is 0 Å². The van der Waals surface area contributed by atoms with E-state index in [-0.39, 0.29) is 35.7 Å². The van der Waals surface area contributed by atoms with Crippen molar-refractivity contribution in [1.82, 2.24) is 9.80 Å². The lowest BCUT2D eigenvalue weighted by molar-refractivity contribution is -0.146. The number of hydrogen-bond donors (Lipinski definition) is 2. The molecule has 2 saturated heterocycles. The van der Waals surface area contributed by atoms with Gasteiger partial charge in [-0.25, -0.2) is 0 Å². The number of aliphatic hydroxyl groups excluding tert-OH is 2. The highest BCUT2D eigenvalue weighted by Crippen LogP contribution is 2.40. The number of rotatable bonds is 2. The summed E-state index contributed by atoms with van der Waals surface area (Å²) in [7, 11) is 0. The van der Waals surface area contributed by atoms with Gasteiger partial charge in [0.2, 0.25) is 11.8 Å². The van der Waals surface area contributed by atoms with E-state index in [0.29, 0.717) is 31.8 Å². The van der Waals surface area contributed by atoms with E-state index in [1.54, 1.807) is 9.80 Å². The number of β-amino-alcohol motifs (C(OH)–C–C–N with tert-alkyl or cyclic N) is 2. The second-order valence-corrected chi connectivity index (χ2v) is 8.25. The van der Waals surface area contributed by atoms with Gasteiger partial charge in [0.05, 0.1) is 12.2 Å². The average Bonchev–Trinajstić information content (AvgIpc) is 3.15. The maximum Gasteiger partial charge on any atom is 0.226 e. The highest BCUT2D eigenvalue weighted by Gasteiger charge is 2.47. The minimum absolute atomic E-state index is 0.0224. The largest absolute Gasteiger partial charge is 0.391 e. The van der Waals surface area contributed by atoms with E-state index in [1.807, 2.05) is 13.8 Å². The zero-order valence-electron chi connectivity index (χ0n) is 14.9. The van der Waals surface area contributed by atoms with Crippen molar-refractivity contribution in [3.63, 3.8) is 0 Å². The molecule has 0 aromatic heterocycles. The van der Waals surface area contributed by atoms with Gasteiger partial charge in [-0.1, -0.05) is 6.92 Å². The molecule has 3 rings (SSSR count). The van der Waals surface area contributed by atoms with Crippen molar-refractivity contribution < 1.29 is 19.8 Å². The molecule has 3 fully saturated rings. The van der Waals surface area contributed by atoms with E-state index in [9.17, 15) is 19.8 Å². The average molecular weight is 338 g/mol. The lowest BCUT2D eigenvalue weighted by Gasteiger charge is -2.30. The molecule has 2 heterocycles. The van der Waals surface area contributed by atoms with Gasteiger partial charge in [0.25, 0.3) is 0 Å². The lowest BCUT2D eigenvalue weighted by atomic mass is 9.92. The van der Waals surface area contributed by atoms with Crippen LogP contribution >= 0.6 is 0 Å². The molecule has 0 radical (unpaired) electrons. The molecule has 6 nitrogen and oxygen atoms in total. The smallest absolute Gasteiger partial charge is 0.226 e. The molecule has 136 valence electrons. The predicted octanol–water partition coefficient (Wildman–Crippen LogP) is 0.612. The molecule has 2 aliphatic heterocycles. The van der Waals surface area contributed by atoms with Gasteiger partial charge in [0.15, 0.2) is 0 Å². The first-order valence-corrected chi connectivity index (χ1v) is 9.25. The molecule has 0 spiro atoms. The summed E-state index contributed by atoms with van der Waals surface area (Å²) in [5.74, 6) is -0.183. The molecule has 6 unspecified atom stereocenters. The van der Waals surface area contributed by atoms with E-state index in [4.69, 9.17) is 0 Å². The number of nitrogens with zero attached hydrogens (tertiary/aromatic N) is 2. The molecule has 0 aromatic carbocycles. The standard InChI is InChI=1S/C18H30N2O4/c1-10-4-15(17(23)19-8-13(21)6-11(19)2)16(5-10)18(24)20-9-14(22)7-12(20)3/h10-16,21-22H,4-9H2,1-3H3. The van der Waals surface area contributed by atoms with Gasteiger partial charge < -0.3 is 20.0 Å². The van der Waals surface area contributed by atoms with Crippen LogP contribution in [0.4, 0.5) is 0 Å². The Morgan fingerprint density at radius 2 is 1.12 bits per heavy atom. The zero-order chi connectivity index (χ0) is 17.6. The highest BCUT2D eigenvalue weighted by molar-refractivity contribution is 5.89. The van der Waals surface area contributed by atoms with Crippen LogP contribution in [0, 0.1) is 17.8 Å². The quantitative estimate of drug-likeness (QED) is 0.773. The molecule has 1 aliphatic carbocycles. The summed E-state index contributed by atoms with van der Waals surface area (Å²) in [4.78, 5) is 29.6. The molecular formula is C18H30N2O4. The fourth-order valence-corrected chi connectivity index (χ4v) is 4.88. The Labute approximate surface area is 143 Å². The fourth-order valence-electron chi connectivity index (χ4n) is 4.88. The first kappa shape index (κ1) is 17.7. The Hall–Kier alpha value is -1.14. The summed E-state index contributed by atoms with van der Waals surface area (Å²) in [5.41, 5.74) is 0. The Balaban J connectivity index is 1.74. The third-order valence-electron chi connectivity index (χ3n) is 6.10. The van der Waals surface area contributed by atoms with Crippen molar-refractivity contribution in [2.75, 3.05) is 13.1 Å². The summed E-state index contributed by atoms with van der Waals surface area (Å²) in [6.07, 6.45) is 1.79. The molecule has 1 saturated carbocycles. The SMILES string of the molecule is CC1CC(C(=O)N2CC(O)CC2C)C(C(=O)N2CC(O)CC2C)C1. The molecule has 0 aromatic rings. The Morgan fingerprint density at radius 3 is 1.42 bits per heavy atom. The molecular weight excluding hydrogens is 308 g/mol. The van der Waals surface area contributed by atoms with E-state index in [2.05, 4.69) is 6.92 Å². The minimum Gasteiger partial charge on any atom is -0.391 e. The van der Waals surface area contributed by atoms with Gasteiger partial charge in [-0.05, 0) is 45.4 Å². The van der Waals surface area contributed by atoms with Gasteiger partial charge in [0, 0.05) is 37.0 Å². The Kier molecular flexibility index (Phi) is 4.89. The normalized spacial score (nSPS) is 42.8. The molecule has 0 bridgehead atoms. The second kappa shape index (κ2) is 6.64. The molecule has 6 heteroatoms. The van der Waals surface area contributed by atoms with Gasteiger partial charge in [-0.2, -0.15) is 0 Å². The van der Waals surface area contributed by atoms with Gasteiger partial charge in [-0.3, -0.25) is 9.59 Å². The Bertz CT molecular complexity index is 467. The van der Waals surface area contributed by atoms with Crippen molar-refractivity contribution in [3.8, 4) is 0 Å². The van der Waals surface area contributed by atoms with Crippen LogP contribution < -0.4 is 0 Å². The maximum atomic E-state index is 13.0. The van der Waals surface area contributed by atoms with Crippen LogP contribution in [0.5, 0.6) is 0 Å². The van der Waals surface area contributed by atoms with Crippen molar-refractivity contribution in [1.29, 1.82) is 0 Å². The second-order valence-electron chi connectivity index (χ2n) is 8.25. The topological polar surface area (TPSA) is 81.1 Å². The van der Waals surface area contributed by atoms with E-state index in [1.165, 1.54) is 0 Å². The number of likely N-dealkylation sites (tertiary alicyclic amines) is 2. The van der Waals surface area contributed by atoms with Crippen LogP contribution in [0.3, 0.4) is 0 Å². The van der Waals surface area contributed by atoms with Crippen LogP contribution in [0.2, 0.25) is 0 Å². The molecule has 2 N–H and O–H groups in total. The first-order valence-electron chi connectivity index (χ1n) is 9.25. The van der Waals surface area contributed by atoms with Gasteiger partial charge >= 0.3 is 0 Å². The van der Waals surface area contributed by atoms with Gasteiger partial charge in [0.1, 0.15) is 0 Å². The molecule has 2 amide bonds. The number of hydrogen-bond acceptors (Lipinski definition) is 4. The third-order valence-corrected chi connectivity index (χ3v) is 6.10. The fraction of sp³-hybridized carbons (Fsp3) is 0.889. The Morgan fingerprint density at radius 1 is 0.750 bits per heavy atom. The number of carbonyl (C=O) groups excluding carboxylic acids is 2. The minimum atomic E-state index is -0.453. The summed E-state index contributed by atoms with van der Waals surface area (Å²) >= 11 is 0. The first-order chi connectivity index (χ1) is 11.3. The number of amides is 2. The number of carbonyl (C=O) groups is 2. The van der Waals surface area contributed by atoms with Crippen LogP contribution in [0.15, 0.2) is 0 Å². The van der Waals surface area contributed by atoms with Crippen LogP contribution in [-0.2, 0) is 9.59 Å². The van der Waals surface area contributed by atoms with Crippen LogP contribution in [0.1, 0.15) is 46.5 Å². The number of aliphatic hydroxyl groups is 2. The predicted molar refractivity (Wildman–Crippen MR) is 89.0 cm³/mol. The highest BCUT2D eigenvalue weighted by atomic mass is 16.3. The summed E-state index contributed by atoms with van der Waals surface area (Å²) in [5, 5.41) is 19.7. The van der Waals surface area contributed by atoms with E-state index in [0.717, 1.165) is 12.8 Å². The summed E-state index contributed by atoms with van der Waals surface area (Å²) in [6.45, 7) is 6.78. The van der Waals surface area contributed by atoms with Crippen LogP contribution in [-0.4, -0.2) is 69.2 Å². The molecule has 3 aliphatic rings. The lowest BCUT2D eigenvalue weighted by Crippen LogP contribution is -2.45. The van der Waals surface area contributed by atoms with Gasteiger partial charge in [-0.15, -0.1) is 0 Å². The molecule has 24 heavy (non-hydrogen) atoms. The van der Waals surface area contributed by atoms with Crippen molar-refractivity contribution in [2.45, 2.75) is 70.7 Å². The molecule has 6 atom stereocenters. The summed E-state index contributed by atoms with van der Waals surface area (Å²) in [6, 6.07) is 0.0679. The van der Waals surface area contributed by atoms with Crippen molar-refractivity contribution in [2.24, 2.45) is 17.8 Å².